The molecule has 4 heteroatoms. The Morgan fingerprint density at radius 1 is 1.21 bits per heavy atom. The van der Waals surface area contributed by atoms with Crippen LogP contribution in [-0.4, -0.2) is 43.3 Å². The number of hydrogen-bond donors (Lipinski definition) is 1. The molecule has 104 valence electrons. The van der Waals surface area contributed by atoms with Gasteiger partial charge < -0.3 is 5.32 Å². The quantitative estimate of drug-likeness (QED) is 0.760. The van der Waals surface area contributed by atoms with Crippen molar-refractivity contribution in [3.63, 3.8) is 0 Å². The van der Waals surface area contributed by atoms with Gasteiger partial charge in [-0.3, -0.25) is 14.5 Å². The number of carbonyl (C=O) groups excluding carboxylic acids is 2. The van der Waals surface area contributed by atoms with E-state index in [9.17, 15) is 9.59 Å². The summed E-state index contributed by atoms with van der Waals surface area (Å²) in [6, 6.07) is 7.51. The maximum Gasteiger partial charge on any atom is 0.234 e. The second-order valence-corrected chi connectivity index (χ2v) is 4.76. The van der Waals surface area contributed by atoms with E-state index < -0.39 is 0 Å². The van der Waals surface area contributed by atoms with Crippen LogP contribution in [0.5, 0.6) is 0 Å². The monoisotopic (exact) mass is 262 g/mol. The highest BCUT2D eigenvalue weighted by atomic mass is 16.2. The lowest BCUT2D eigenvalue weighted by Gasteiger charge is -2.16. The molecule has 0 saturated carbocycles. The van der Waals surface area contributed by atoms with Gasteiger partial charge in [0.25, 0.3) is 0 Å². The van der Waals surface area contributed by atoms with Crippen LogP contribution in [0.1, 0.15) is 29.3 Å². The minimum absolute atomic E-state index is 0.0399. The standard InChI is InChI=1S/C15H22N2O2/c1-4-9-16-15(19)11-17(3)10-14(18)13-8-6-5-7-12(13)2/h5-8H,4,9-11H2,1-3H3,(H,16,19). The second kappa shape index (κ2) is 7.69. The van der Waals surface area contributed by atoms with E-state index in [1.165, 1.54) is 0 Å². The van der Waals surface area contributed by atoms with Crippen molar-refractivity contribution in [1.29, 1.82) is 0 Å². The fourth-order valence-corrected chi connectivity index (χ4v) is 1.84. The molecule has 0 spiro atoms. The SMILES string of the molecule is CCCNC(=O)CN(C)CC(=O)c1ccccc1C. The molecule has 0 atom stereocenters. The Morgan fingerprint density at radius 3 is 2.53 bits per heavy atom. The zero-order valence-electron chi connectivity index (χ0n) is 11.9. The van der Waals surface area contributed by atoms with Gasteiger partial charge in [-0.15, -0.1) is 0 Å². The van der Waals surface area contributed by atoms with E-state index in [2.05, 4.69) is 5.32 Å². The first-order valence-corrected chi connectivity index (χ1v) is 6.58. The number of carbonyl (C=O) groups is 2. The van der Waals surface area contributed by atoms with Crippen LogP contribution in [0.4, 0.5) is 0 Å². The highest BCUT2D eigenvalue weighted by Crippen LogP contribution is 2.08. The van der Waals surface area contributed by atoms with Crippen LogP contribution >= 0.6 is 0 Å². The molecule has 0 aliphatic carbocycles. The number of likely N-dealkylation sites (N-methyl/N-ethyl adjacent to an activating group) is 1. The van der Waals surface area contributed by atoms with E-state index in [1.807, 2.05) is 38.1 Å². The number of Topliss-reactive ketones (excluding diaryl/α,β-unsaturated/α-hetero) is 1. The molecule has 1 amide bonds. The number of ketones is 1. The van der Waals surface area contributed by atoms with Crippen molar-refractivity contribution in [1.82, 2.24) is 10.2 Å². The third-order valence-electron chi connectivity index (χ3n) is 2.84. The van der Waals surface area contributed by atoms with Gasteiger partial charge in [0.2, 0.25) is 5.91 Å². The first-order valence-electron chi connectivity index (χ1n) is 6.58. The number of rotatable bonds is 7. The Morgan fingerprint density at radius 2 is 1.89 bits per heavy atom. The molecule has 0 unspecified atom stereocenters. The molecule has 1 aromatic carbocycles. The lowest BCUT2D eigenvalue weighted by Crippen LogP contribution is -2.37. The first-order chi connectivity index (χ1) is 9.04. The summed E-state index contributed by atoms with van der Waals surface area (Å²) in [6.07, 6.45) is 0.914. The molecule has 4 nitrogen and oxygen atoms in total. The molecule has 1 N–H and O–H groups in total. The molecular weight excluding hydrogens is 240 g/mol. The summed E-state index contributed by atoms with van der Waals surface area (Å²) in [5.74, 6) is 0.00539. The Labute approximate surface area is 114 Å². The van der Waals surface area contributed by atoms with Gasteiger partial charge in [0.15, 0.2) is 5.78 Å². The summed E-state index contributed by atoms with van der Waals surface area (Å²) >= 11 is 0. The molecule has 0 heterocycles. The fraction of sp³-hybridized carbons (Fsp3) is 0.467. The van der Waals surface area contributed by atoms with Crippen LogP contribution in [-0.2, 0) is 4.79 Å². The number of aryl methyl sites for hydroxylation is 1. The predicted molar refractivity (Wildman–Crippen MR) is 76.3 cm³/mol. The maximum atomic E-state index is 12.1. The summed E-state index contributed by atoms with van der Waals surface area (Å²) in [5.41, 5.74) is 1.69. The maximum absolute atomic E-state index is 12.1. The fourth-order valence-electron chi connectivity index (χ4n) is 1.84. The number of amides is 1. The van der Waals surface area contributed by atoms with Crippen LogP contribution in [0.25, 0.3) is 0 Å². The Hall–Kier alpha value is -1.68. The van der Waals surface area contributed by atoms with E-state index >= 15 is 0 Å². The molecule has 0 radical (unpaired) electrons. The van der Waals surface area contributed by atoms with Crippen molar-refractivity contribution >= 4 is 11.7 Å². The number of benzene rings is 1. The van der Waals surface area contributed by atoms with Crippen LogP contribution < -0.4 is 5.32 Å². The van der Waals surface area contributed by atoms with Crippen molar-refractivity contribution in [2.24, 2.45) is 0 Å². The van der Waals surface area contributed by atoms with E-state index in [0.717, 1.165) is 17.5 Å². The topological polar surface area (TPSA) is 49.4 Å². The zero-order chi connectivity index (χ0) is 14.3. The smallest absolute Gasteiger partial charge is 0.234 e. The highest BCUT2D eigenvalue weighted by Gasteiger charge is 2.13. The first kappa shape index (κ1) is 15.4. The van der Waals surface area contributed by atoms with Crippen LogP contribution in [0.2, 0.25) is 0 Å². The minimum atomic E-state index is -0.0399. The Balaban J connectivity index is 2.48. The molecular formula is C15H22N2O2. The second-order valence-electron chi connectivity index (χ2n) is 4.76. The van der Waals surface area contributed by atoms with E-state index in [4.69, 9.17) is 0 Å². The number of hydrogen-bond acceptors (Lipinski definition) is 3. The van der Waals surface area contributed by atoms with Crippen molar-refractivity contribution in [3.8, 4) is 0 Å². The van der Waals surface area contributed by atoms with Gasteiger partial charge in [-0.2, -0.15) is 0 Å². The third kappa shape index (κ3) is 5.22. The molecule has 1 aromatic rings. The lowest BCUT2D eigenvalue weighted by molar-refractivity contribution is -0.121. The molecule has 0 bridgehead atoms. The van der Waals surface area contributed by atoms with Gasteiger partial charge in [0.1, 0.15) is 0 Å². The normalized spacial score (nSPS) is 10.5. The molecule has 0 aromatic heterocycles. The molecule has 1 rings (SSSR count). The van der Waals surface area contributed by atoms with Crippen LogP contribution in [0, 0.1) is 6.92 Å². The molecule has 0 aliphatic rings. The summed E-state index contributed by atoms with van der Waals surface area (Å²) in [6.45, 7) is 5.10. The van der Waals surface area contributed by atoms with Gasteiger partial charge >= 0.3 is 0 Å². The van der Waals surface area contributed by atoms with Gasteiger partial charge in [0, 0.05) is 12.1 Å². The molecule has 0 saturated heterocycles. The van der Waals surface area contributed by atoms with Gasteiger partial charge in [0.05, 0.1) is 13.1 Å². The Bertz CT molecular complexity index is 444. The van der Waals surface area contributed by atoms with Gasteiger partial charge in [-0.05, 0) is 26.0 Å². The summed E-state index contributed by atoms with van der Waals surface area (Å²) in [4.78, 5) is 25.4. The predicted octanol–water partition coefficient (Wildman–Crippen LogP) is 1.64. The van der Waals surface area contributed by atoms with E-state index in [0.29, 0.717) is 6.54 Å². The van der Waals surface area contributed by atoms with Gasteiger partial charge in [-0.25, -0.2) is 0 Å². The zero-order valence-corrected chi connectivity index (χ0v) is 11.9. The number of nitrogens with one attached hydrogen (secondary N) is 1. The van der Waals surface area contributed by atoms with E-state index in [1.54, 1.807) is 11.9 Å². The molecule has 0 aliphatic heterocycles. The average molecular weight is 262 g/mol. The highest BCUT2D eigenvalue weighted by molar-refractivity contribution is 5.99. The summed E-state index contributed by atoms with van der Waals surface area (Å²) < 4.78 is 0. The molecule has 19 heavy (non-hydrogen) atoms. The summed E-state index contributed by atoms with van der Waals surface area (Å²) in [5, 5.41) is 2.80. The van der Waals surface area contributed by atoms with Crippen molar-refractivity contribution < 1.29 is 9.59 Å². The van der Waals surface area contributed by atoms with Crippen molar-refractivity contribution in [2.75, 3.05) is 26.7 Å². The number of nitrogens with zero attached hydrogens (tertiary/aromatic N) is 1. The average Bonchev–Trinajstić information content (AvgIpc) is 2.36. The molecule has 0 fully saturated rings. The Kier molecular flexibility index (Phi) is 6.22. The van der Waals surface area contributed by atoms with Gasteiger partial charge in [-0.1, -0.05) is 31.2 Å². The third-order valence-corrected chi connectivity index (χ3v) is 2.84. The largest absolute Gasteiger partial charge is 0.355 e. The lowest BCUT2D eigenvalue weighted by atomic mass is 10.0. The van der Waals surface area contributed by atoms with E-state index in [-0.39, 0.29) is 24.8 Å². The van der Waals surface area contributed by atoms with Crippen molar-refractivity contribution in [3.05, 3.63) is 35.4 Å². The van der Waals surface area contributed by atoms with Crippen molar-refractivity contribution in [2.45, 2.75) is 20.3 Å². The minimum Gasteiger partial charge on any atom is -0.355 e. The summed E-state index contributed by atoms with van der Waals surface area (Å²) in [7, 11) is 1.78. The van der Waals surface area contributed by atoms with Crippen LogP contribution in [0.3, 0.4) is 0 Å². The van der Waals surface area contributed by atoms with Crippen LogP contribution in [0.15, 0.2) is 24.3 Å².